The zero-order chi connectivity index (χ0) is 16.6. The Balaban J connectivity index is 1.55. The van der Waals surface area contributed by atoms with Crippen molar-refractivity contribution >= 4 is 22.9 Å². The van der Waals surface area contributed by atoms with E-state index in [2.05, 4.69) is 15.2 Å². The second-order valence-corrected chi connectivity index (χ2v) is 8.29. The molecule has 1 N–H and O–H groups in total. The van der Waals surface area contributed by atoms with E-state index in [0.29, 0.717) is 23.0 Å². The summed E-state index contributed by atoms with van der Waals surface area (Å²) in [5, 5.41) is 7.21. The number of hydrogen-bond acceptors (Lipinski definition) is 4. The summed E-state index contributed by atoms with van der Waals surface area (Å²) in [5.41, 5.74) is 1.30. The Morgan fingerprint density at radius 3 is 2.92 bits per heavy atom. The minimum absolute atomic E-state index is 0.226. The Labute approximate surface area is 150 Å². The van der Waals surface area contributed by atoms with Gasteiger partial charge in [0.1, 0.15) is 10.8 Å². The predicted molar refractivity (Wildman–Crippen MR) is 95.7 cm³/mol. The lowest BCUT2D eigenvalue weighted by Gasteiger charge is -2.29. The Morgan fingerprint density at radius 2 is 2.17 bits per heavy atom. The number of thiazole rings is 1. The van der Waals surface area contributed by atoms with Crippen molar-refractivity contribution in [1.82, 2.24) is 15.2 Å². The van der Waals surface area contributed by atoms with Gasteiger partial charge in [-0.1, -0.05) is 11.6 Å². The summed E-state index contributed by atoms with van der Waals surface area (Å²) in [6.07, 6.45) is 5.53. The fourth-order valence-electron chi connectivity index (χ4n) is 3.97. The number of aromatic nitrogens is 1. The maximum Gasteiger partial charge on any atom is 0.123 e. The number of benzene rings is 1. The SMILES string of the molecule is Fc1ccc(Cl)c(CN(Cc2nccs2)C2CC23CCNCC3)c1. The van der Waals surface area contributed by atoms with Crippen molar-refractivity contribution in [2.24, 2.45) is 5.41 Å². The summed E-state index contributed by atoms with van der Waals surface area (Å²) in [7, 11) is 0. The molecule has 128 valence electrons. The van der Waals surface area contributed by atoms with E-state index in [1.165, 1.54) is 25.3 Å². The van der Waals surface area contributed by atoms with E-state index in [1.54, 1.807) is 23.5 Å². The summed E-state index contributed by atoms with van der Waals surface area (Å²) in [6, 6.07) is 5.18. The van der Waals surface area contributed by atoms with Crippen LogP contribution in [0.1, 0.15) is 29.8 Å². The van der Waals surface area contributed by atoms with Crippen molar-refractivity contribution in [1.29, 1.82) is 0 Å². The summed E-state index contributed by atoms with van der Waals surface area (Å²) in [6.45, 7) is 3.69. The fraction of sp³-hybridized carbons (Fsp3) is 0.500. The van der Waals surface area contributed by atoms with Gasteiger partial charge in [-0.3, -0.25) is 4.90 Å². The van der Waals surface area contributed by atoms with Crippen LogP contribution >= 0.6 is 22.9 Å². The molecule has 24 heavy (non-hydrogen) atoms. The molecule has 1 atom stereocenters. The Kier molecular flexibility index (Phi) is 4.60. The third-order valence-electron chi connectivity index (χ3n) is 5.39. The van der Waals surface area contributed by atoms with E-state index in [9.17, 15) is 4.39 Å². The molecular weight excluding hydrogens is 345 g/mol. The topological polar surface area (TPSA) is 28.2 Å². The van der Waals surface area contributed by atoms with Gasteiger partial charge in [0.15, 0.2) is 0 Å². The largest absolute Gasteiger partial charge is 0.317 e. The van der Waals surface area contributed by atoms with Gasteiger partial charge in [-0.25, -0.2) is 9.37 Å². The highest BCUT2D eigenvalue weighted by atomic mass is 35.5. The number of nitrogens with zero attached hydrogens (tertiary/aromatic N) is 2. The van der Waals surface area contributed by atoms with Gasteiger partial charge in [0.25, 0.3) is 0 Å². The molecule has 1 aliphatic carbocycles. The molecule has 2 aliphatic rings. The van der Waals surface area contributed by atoms with Crippen LogP contribution in [0.5, 0.6) is 0 Å². The predicted octanol–water partition coefficient (Wildman–Crippen LogP) is 4.08. The molecule has 1 saturated carbocycles. The number of nitrogens with one attached hydrogen (secondary N) is 1. The van der Waals surface area contributed by atoms with Crippen LogP contribution in [0.4, 0.5) is 4.39 Å². The molecular formula is C18H21ClFN3S. The van der Waals surface area contributed by atoms with Crippen molar-refractivity contribution < 1.29 is 4.39 Å². The van der Waals surface area contributed by atoms with E-state index in [4.69, 9.17) is 11.6 Å². The van der Waals surface area contributed by atoms with Crippen molar-refractivity contribution in [2.45, 2.75) is 38.4 Å². The normalized spacial score (nSPS) is 22.2. The molecule has 0 amide bonds. The summed E-state index contributed by atoms with van der Waals surface area (Å²) in [4.78, 5) is 6.89. The number of rotatable bonds is 5. The van der Waals surface area contributed by atoms with Crippen LogP contribution in [0.25, 0.3) is 0 Å². The van der Waals surface area contributed by atoms with Gasteiger partial charge in [0.05, 0.1) is 6.54 Å². The van der Waals surface area contributed by atoms with Gasteiger partial charge in [-0.2, -0.15) is 0 Å². The molecule has 2 aromatic rings. The zero-order valence-electron chi connectivity index (χ0n) is 13.5. The Bertz CT molecular complexity index is 700. The molecule has 4 rings (SSSR count). The zero-order valence-corrected chi connectivity index (χ0v) is 15.0. The standard InChI is InChI=1S/C18H21ClFN3S/c19-15-2-1-14(20)9-13(15)11-23(12-17-22-7-8-24-17)16-10-18(16)3-5-21-6-4-18/h1-2,7-9,16,21H,3-6,10-12H2. The molecule has 0 radical (unpaired) electrons. The van der Waals surface area contributed by atoms with Crippen molar-refractivity contribution in [2.75, 3.05) is 13.1 Å². The molecule has 2 fully saturated rings. The van der Waals surface area contributed by atoms with Crippen LogP contribution in [0.15, 0.2) is 29.8 Å². The summed E-state index contributed by atoms with van der Waals surface area (Å²) >= 11 is 7.99. The van der Waals surface area contributed by atoms with E-state index in [-0.39, 0.29) is 5.82 Å². The van der Waals surface area contributed by atoms with Crippen molar-refractivity contribution in [3.8, 4) is 0 Å². The molecule has 1 spiro atoms. The fourth-order valence-corrected chi connectivity index (χ4v) is 4.79. The lowest BCUT2D eigenvalue weighted by Crippen LogP contribution is -2.35. The van der Waals surface area contributed by atoms with E-state index in [1.807, 2.05) is 11.6 Å². The average molecular weight is 366 g/mol. The van der Waals surface area contributed by atoms with Gasteiger partial charge in [-0.15, -0.1) is 11.3 Å². The van der Waals surface area contributed by atoms with Gasteiger partial charge < -0.3 is 5.32 Å². The van der Waals surface area contributed by atoms with Crippen LogP contribution in [0.3, 0.4) is 0 Å². The second kappa shape index (κ2) is 6.71. The third-order valence-corrected chi connectivity index (χ3v) is 6.52. The molecule has 3 nitrogen and oxygen atoms in total. The van der Waals surface area contributed by atoms with E-state index < -0.39 is 0 Å². The van der Waals surface area contributed by atoms with Crippen molar-refractivity contribution in [3.63, 3.8) is 0 Å². The highest BCUT2D eigenvalue weighted by Crippen LogP contribution is 2.56. The third kappa shape index (κ3) is 3.36. The minimum atomic E-state index is -0.226. The monoisotopic (exact) mass is 365 g/mol. The molecule has 1 unspecified atom stereocenters. The smallest absolute Gasteiger partial charge is 0.123 e. The van der Waals surface area contributed by atoms with Gasteiger partial charge in [-0.05, 0) is 61.5 Å². The first-order chi connectivity index (χ1) is 11.7. The van der Waals surface area contributed by atoms with Gasteiger partial charge in [0.2, 0.25) is 0 Å². The van der Waals surface area contributed by atoms with Crippen LogP contribution < -0.4 is 5.32 Å². The number of halogens is 2. The highest BCUT2D eigenvalue weighted by Gasteiger charge is 2.56. The van der Waals surface area contributed by atoms with Crippen LogP contribution in [0.2, 0.25) is 5.02 Å². The lowest BCUT2D eigenvalue weighted by molar-refractivity contribution is 0.187. The minimum Gasteiger partial charge on any atom is -0.317 e. The summed E-state index contributed by atoms with van der Waals surface area (Å²) in [5.74, 6) is -0.226. The van der Waals surface area contributed by atoms with Crippen molar-refractivity contribution in [3.05, 3.63) is 51.2 Å². The van der Waals surface area contributed by atoms with Crippen LogP contribution in [-0.2, 0) is 13.1 Å². The first-order valence-corrected chi connectivity index (χ1v) is 9.69. The van der Waals surface area contributed by atoms with Gasteiger partial charge in [0, 0.05) is 29.2 Å². The second-order valence-electron chi connectivity index (χ2n) is 6.90. The number of hydrogen-bond donors (Lipinski definition) is 1. The molecule has 1 aromatic heterocycles. The van der Waals surface area contributed by atoms with E-state index >= 15 is 0 Å². The first-order valence-electron chi connectivity index (χ1n) is 8.43. The van der Waals surface area contributed by atoms with E-state index in [0.717, 1.165) is 30.2 Å². The lowest BCUT2D eigenvalue weighted by atomic mass is 9.93. The Hall–Kier alpha value is -1.01. The maximum atomic E-state index is 13.6. The molecule has 1 aliphatic heterocycles. The Morgan fingerprint density at radius 1 is 1.33 bits per heavy atom. The quantitative estimate of drug-likeness (QED) is 0.865. The first kappa shape index (κ1) is 16.5. The number of piperidine rings is 1. The van der Waals surface area contributed by atoms with Crippen LogP contribution in [0, 0.1) is 11.2 Å². The molecule has 6 heteroatoms. The molecule has 1 aromatic carbocycles. The highest BCUT2D eigenvalue weighted by molar-refractivity contribution is 7.09. The molecule has 0 bridgehead atoms. The molecule has 1 saturated heterocycles. The van der Waals surface area contributed by atoms with Crippen LogP contribution in [-0.4, -0.2) is 29.0 Å². The summed E-state index contributed by atoms with van der Waals surface area (Å²) < 4.78 is 13.6. The average Bonchev–Trinajstić information content (AvgIpc) is 3.02. The van der Waals surface area contributed by atoms with Gasteiger partial charge >= 0.3 is 0 Å². The maximum absolute atomic E-state index is 13.6. The molecule has 2 heterocycles.